The van der Waals surface area contributed by atoms with Crippen molar-refractivity contribution in [3.8, 4) is 11.5 Å². The van der Waals surface area contributed by atoms with Gasteiger partial charge in [-0.3, -0.25) is 4.79 Å². The highest BCUT2D eigenvalue weighted by atomic mass is 16.5. The first-order chi connectivity index (χ1) is 10.2. The lowest BCUT2D eigenvalue weighted by atomic mass is 9.77. The number of carbonyl (C=O) groups excluding carboxylic acids is 1. The van der Waals surface area contributed by atoms with E-state index in [2.05, 4.69) is 6.92 Å². The molecule has 2 rings (SSSR count). The van der Waals surface area contributed by atoms with E-state index in [1.165, 1.54) is 25.7 Å². The van der Waals surface area contributed by atoms with Gasteiger partial charge in [-0.15, -0.1) is 0 Å². The summed E-state index contributed by atoms with van der Waals surface area (Å²) in [6.07, 6.45) is 6.85. The van der Waals surface area contributed by atoms with Crippen LogP contribution in [0.4, 0.5) is 0 Å². The van der Waals surface area contributed by atoms with Crippen molar-refractivity contribution in [2.45, 2.75) is 45.4 Å². The Hall–Kier alpha value is -1.51. The fourth-order valence-electron chi connectivity index (χ4n) is 3.42. The van der Waals surface area contributed by atoms with Crippen LogP contribution >= 0.6 is 0 Å². The average Bonchev–Trinajstić information content (AvgIpc) is 2.54. The lowest BCUT2D eigenvalue weighted by Crippen LogP contribution is -2.23. The van der Waals surface area contributed by atoms with E-state index in [-0.39, 0.29) is 11.7 Å². The van der Waals surface area contributed by atoms with Gasteiger partial charge in [0.2, 0.25) is 0 Å². The molecule has 1 fully saturated rings. The Bertz CT molecular complexity index is 451. The van der Waals surface area contributed by atoms with Crippen LogP contribution in [0.2, 0.25) is 0 Å². The molecule has 3 heteroatoms. The summed E-state index contributed by atoms with van der Waals surface area (Å²) in [5.74, 6) is 2.34. The molecule has 0 atom stereocenters. The van der Waals surface area contributed by atoms with E-state index in [0.29, 0.717) is 17.1 Å². The summed E-state index contributed by atoms with van der Waals surface area (Å²) in [6.45, 7) is 2.23. The Morgan fingerprint density at radius 2 is 1.67 bits per heavy atom. The van der Waals surface area contributed by atoms with Crippen molar-refractivity contribution in [1.82, 2.24) is 0 Å². The van der Waals surface area contributed by atoms with E-state index < -0.39 is 0 Å². The fourth-order valence-corrected chi connectivity index (χ4v) is 3.42. The van der Waals surface area contributed by atoms with Crippen LogP contribution < -0.4 is 9.47 Å². The van der Waals surface area contributed by atoms with E-state index in [1.54, 1.807) is 14.2 Å². The number of Topliss-reactive ketones (excluding diaryl/α,β-unsaturated/α-hetero) is 1. The molecule has 116 valence electrons. The maximum atomic E-state index is 12.9. The van der Waals surface area contributed by atoms with Crippen molar-refractivity contribution in [3.63, 3.8) is 0 Å². The van der Waals surface area contributed by atoms with Gasteiger partial charge in [0, 0.05) is 5.92 Å². The number of ether oxygens (including phenoxy) is 2. The number of ketones is 1. The van der Waals surface area contributed by atoms with Crippen molar-refractivity contribution in [1.29, 1.82) is 0 Å². The zero-order chi connectivity index (χ0) is 15.2. The number of benzene rings is 1. The average molecular weight is 290 g/mol. The summed E-state index contributed by atoms with van der Waals surface area (Å²) >= 11 is 0. The van der Waals surface area contributed by atoms with E-state index >= 15 is 0 Å². The summed E-state index contributed by atoms with van der Waals surface area (Å²) in [5.41, 5.74) is 0.612. The summed E-state index contributed by atoms with van der Waals surface area (Å²) in [5, 5.41) is 0. The Kier molecular flexibility index (Phi) is 5.66. The molecule has 0 bridgehead atoms. The number of rotatable bonds is 6. The predicted octanol–water partition coefficient (Wildman–Crippen LogP) is 4.49. The SMILES string of the molecule is CCCC1CCC(C(=O)c2c(OC)cccc2OC)CC1. The van der Waals surface area contributed by atoms with Crippen LogP contribution in [0, 0.1) is 11.8 Å². The van der Waals surface area contributed by atoms with Gasteiger partial charge in [0.1, 0.15) is 17.1 Å². The first kappa shape index (κ1) is 15.9. The van der Waals surface area contributed by atoms with Crippen LogP contribution in [0.15, 0.2) is 18.2 Å². The number of methoxy groups -OCH3 is 2. The van der Waals surface area contributed by atoms with Crippen molar-refractivity contribution in [2.24, 2.45) is 11.8 Å². The molecule has 21 heavy (non-hydrogen) atoms. The third kappa shape index (κ3) is 3.58. The van der Waals surface area contributed by atoms with Gasteiger partial charge in [0.05, 0.1) is 14.2 Å². The van der Waals surface area contributed by atoms with Gasteiger partial charge < -0.3 is 9.47 Å². The topological polar surface area (TPSA) is 35.5 Å². The predicted molar refractivity (Wildman–Crippen MR) is 84.2 cm³/mol. The maximum absolute atomic E-state index is 12.9. The van der Waals surface area contributed by atoms with E-state index in [0.717, 1.165) is 18.8 Å². The minimum absolute atomic E-state index is 0.114. The third-order valence-corrected chi connectivity index (χ3v) is 4.59. The molecule has 0 aromatic heterocycles. The summed E-state index contributed by atoms with van der Waals surface area (Å²) < 4.78 is 10.7. The molecule has 3 nitrogen and oxygen atoms in total. The second-order valence-corrected chi connectivity index (χ2v) is 5.91. The molecule has 1 aliphatic rings. The first-order valence-electron chi connectivity index (χ1n) is 7.96. The van der Waals surface area contributed by atoms with Crippen LogP contribution in [0.25, 0.3) is 0 Å². The molecule has 0 N–H and O–H groups in total. The van der Waals surface area contributed by atoms with Crippen LogP contribution in [0.3, 0.4) is 0 Å². The summed E-state index contributed by atoms with van der Waals surface area (Å²) in [4.78, 5) is 12.9. The van der Waals surface area contributed by atoms with Gasteiger partial charge in [-0.25, -0.2) is 0 Å². The standard InChI is InChI=1S/C18H26O3/c1-4-6-13-9-11-14(12-10-13)18(19)17-15(20-2)7-5-8-16(17)21-3/h5,7-8,13-14H,4,6,9-12H2,1-3H3. The van der Waals surface area contributed by atoms with Gasteiger partial charge in [-0.05, 0) is 43.7 Å². The molecular weight excluding hydrogens is 264 g/mol. The van der Waals surface area contributed by atoms with Crippen molar-refractivity contribution in [2.75, 3.05) is 14.2 Å². The lowest BCUT2D eigenvalue weighted by molar-refractivity contribution is 0.0863. The van der Waals surface area contributed by atoms with Crippen LogP contribution in [-0.4, -0.2) is 20.0 Å². The lowest BCUT2D eigenvalue weighted by Gasteiger charge is -2.28. The van der Waals surface area contributed by atoms with Crippen molar-refractivity contribution < 1.29 is 14.3 Å². The summed E-state index contributed by atoms with van der Waals surface area (Å²) in [7, 11) is 3.20. The summed E-state index contributed by atoms with van der Waals surface area (Å²) in [6, 6.07) is 5.52. The number of carbonyl (C=O) groups is 1. The quantitative estimate of drug-likeness (QED) is 0.724. The van der Waals surface area contributed by atoms with Crippen LogP contribution in [-0.2, 0) is 0 Å². The molecule has 0 saturated heterocycles. The molecule has 1 aliphatic carbocycles. The molecule has 0 aliphatic heterocycles. The van der Waals surface area contributed by atoms with E-state index in [9.17, 15) is 4.79 Å². The molecular formula is C18H26O3. The smallest absolute Gasteiger partial charge is 0.173 e. The second kappa shape index (κ2) is 7.48. The highest BCUT2D eigenvalue weighted by molar-refractivity contribution is 6.02. The molecule has 1 aromatic carbocycles. The minimum Gasteiger partial charge on any atom is -0.496 e. The Labute approximate surface area is 127 Å². The number of hydrogen-bond donors (Lipinski definition) is 0. The van der Waals surface area contributed by atoms with E-state index in [1.807, 2.05) is 18.2 Å². The Balaban J connectivity index is 2.14. The van der Waals surface area contributed by atoms with Gasteiger partial charge in [0.25, 0.3) is 0 Å². The molecule has 0 spiro atoms. The van der Waals surface area contributed by atoms with Gasteiger partial charge >= 0.3 is 0 Å². The Morgan fingerprint density at radius 3 is 2.14 bits per heavy atom. The second-order valence-electron chi connectivity index (χ2n) is 5.91. The molecule has 1 saturated carbocycles. The van der Waals surface area contributed by atoms with Gasteiger partial charge in [-0.2, -0.15) is 0 Å². The van der Waals surface area contributed by atoms with Crippen LogP contribution in [0.5, 0.6) is 11.5 Å². The normalized spacial score (nSPS) is 21.9. The Morgan fingerprint density at radius 1 is 1.10 bits per heavy atom. The van der Waals surface area contributed by atoms with Crippen LogP contribution in [0.1, 0.15) is 55.8 Å². The minimum atomic E-state index is 0.114. The monoisotopic (exact) mass is 290 g/mol. The highest BCUT2D eigenvalue weighted by Gasteiger charge is 2.30. The molecule has 0 heterocycles. The van der Waals surface area contributed by atoms with Crippen molar-refractivity contribution >= 4 is 5.78 Å². The maximum Gasteiger partial charge on any atom is 0.173 e. The first-order valence-corrected chi connectivity index (χ1v) is 7.96. The number of hydrogen-bond acceptors (Lipinski definition) is 3. The zero-order valence-corrected chi connectivity index (χ0v) is 13.4. The van der Waals surface area contributed by atoms with Gasteiger partial charge in [0.15, 0.2) is 5.78 Å². The van der Waals surface area contributed by atoms with E-state index in [4.69, 9.17) is 9.47 Å². The zero-order valence-electron chi connectivity index (χ0n) is 13.4. The molecule has 0 radical (unpaired) electrons. The fraction of sp³-hybridized carbons (Fsp3) is 0.611. The molecule has 0 unspecified atom stereocenters. The third-order valence-electron chi connectivity index (χ3n) is 4.59. The molecule has 1 aromatic rings. The largest absolute Gasteiger partial charge is 0.496 e. The highest BCUT2D eigenvalue weighted by Crippen LogP contribution is 2.37. The molecule has 0 amide bonds. The van der Waals surface area contributed by atoms with Gasteiger partial charge in [-0.1, -0.05) is 25.8 Å². The van der Waals surface area contributed by atoms with Crippen molar-refractivity contribution in [3.05, 3.63) is 23.8 Å².